The van der Waals surface area contributed by atoms with Gasteiger partial charge in [0.15, 0.2) is 0 Å². The number of aliphatic hydroxyl groups is 4. The summed E-state index contributed by atoms with van der Waals surface area (Å²) in [5, 5.41) is 52.4. The molecule has 7 atom stereocenters. The fourth-order valence-electron chi connectivity index (χ4n) is 9.74. The van der Waals surface area contributed by atoms with Gasteiger partial charge in [-0.25, -0.2) is 0 Å². The smallest absolute Gasteiger partial charge is 0.145 e. The third-order valence-corrected chi connectivity index (χ3v) is 12.2. The first-order valence-electron chi connectivity index (χ1n) is 18.7. The standard InChI is InChI=1S/C41H64N2O5/c1-29(10-8-12-30(2)25-43-26-32-13-6-5-7-14-32)11-9-15-35(28-46)36-18-20-41(39(36)47)38-33(19-23-44)16-17-34(37(38)31(3)27-45)24-40(41,48)21-22-42-4/h9,11-12,15-17,27,32-34,36,38-39,42-44,46-48H,1,5-8,10,13-14,18-26,28H2,2-4H3/b11-9+,30-12+,35-15-,37-31?/t33-,34-,36-,38-,39+,40+,41+/m0/s1. The zero-order valence-electron chi connectivity index (χ0n) is 29.9. The van der Waals surface area contributed by atoms with Crippen LogP contribution in [0.4, 0.5) is 0 Å². The van der Waals surface area contributed by atoms with Crippen molar-refractivity contribution in [1.29, 1.82) is 0 Å². The van der Waals surface area contributed by atoms with Gasteiger partial charge in [-0.2, -0.15) is 0 Å². The van der Waals surface area contributed by atoms with Gasteiger partial charge in [0.1, 0.15) is 6.29 Å². The fraction of sp³-hybridized carbons (Fsp3) is 0.683. The molecule has 48 heavy (non-hydrogen) atoms. The van der Waals surface area contributed by atoms with Crippen molar-refractivity contribution in [2.24, 2.45) is 35.0 Å². The third-order valence-electron chi connectivity index (χ3n) is 12.2. The van der Waals surface area contributed by atoms with E-state index in [0.717, 1.165) is 54.9 Å². The van der Waals surface area contributed by atoms with Crippen molar-refractivity contribution in [3.8, 4) is 0 Å². The molecule has 0 amide bonds. The molecule has 0 aromatic carbocycles. The van der Waals surface area contributed by atoms with Crippen LogP contribution in [0, 0.1) is 35.0 Å². The Labute approximate surface area is 290 Å². The molecule has 3 saturated carbocycles. The van der Waals surface area contributed by atoms with Gasteiger partial charge >= 0.3 is 0 Å². The Bertz CT molecular complexity index is 1240. The summed E-state index contributed by atoms with van der Waals surface area (Å²) in [4.78, 5) is 12.2. The van der Waals surface area contributed by atoms with Crippen LogP contribution >= 0.6 is 0 Å². The van der Waals surface area contributed by atoms with Crippen LogP contribution in [0.5, 0.6) is 0 Å². The molecule has 4 rings (SSSR count). The molecule has 0 saturated heterocycles. The maximum atomic E-state index is 12.6. The van der Waals surface area contributed by atoms with E-state index in [4.69, 9.17) is 0 Å². The molecule has 0 aromatic heterocycles. The molecule has 4 aliphatic carbocycles. The number of rotatable bonds is 17. The minimum Gasteiger partial charge on any atom is -0.396 e. The predicted octanol–water partition coefficient (Wildman–Crippen LogP) is 5.73. The van der Waals surface area contributed by atoms with Gasteiger partial charge in [-0.05, 0) is 121 Å². The van der Waals surface area contributed by atoms with Crippen molar-refractivity contribution in [2.45, 2.75) is 103 Å². The largest absolute Gasteiger partial charge is 0.396 e. The lowest BCUT2D eigenvalue weighted by atomic mass is 9.45. The second-order valence-corrected chi connectivity index (χ2v) is 15.3. The summed E-state index contributed by atoms with van der Waals surface area (Å²) in [5.41, 5.74) is 2.64. The van der Waals surface area contributed by atoms with Crippen LogP contribution in [-0.4, -0.2) is 78.3 Å². The molecule has 3 fully saturated rings. The summed E-state index contributed by atoms with van der Waals surface area (Å²) in [6.07, 6.45) is 23.5. The van der Waals surface area contributed by atoms with E-state index in [2.05, 4.69) is 42.4 Å². The summed E-state index contributed by atoms with van der Waals surface area (Å²) in [5.74, 6) is 0.0102. The van der Waals surface area contributed by atoms with E-state index in [1.54, 1.807) is 0 Å². The van der Waals surface area contributed by atoms with Crippen LogP contribution in [0.2, 0.25) is 0 Å². The first kappa shape index (κ1) is 38.7. The molecule has 4 aliphatic rings. The normalized spacial score (nSPS) is 33.9. The van der Waals surface area contributed by atoms with Crippen molar-refractivity contribution in [1.82, 2.24) is 10.6 Å². The van der Waals surface area contributed by atoms with Crippen molar-refractivity contribution in [3.63, 3.8) is 0 Å². The monoisotopic (exact) mass is 664 g/mol. The quantitative estimate of drug-likeness (QED) is 0.0508. The molecule has 6 N–H and O–H groups in total. The Morgan fingerprint density at radius 1 is 1.12 bits per heavy atom. The second-order valence-electron chi connectivity index (χ2n) is 15.3. The van der Waals surface area contributed by atoms with E-state index < -0.39 is 17.1 Å². The highest BCUT2D eigenvalue weighted by molar-refractivity contribution is 5.74. The van der Waals surface area contributed by atoms with E-state index in [9.17, 15) is 25.2 Å². The topological polar surface area (TPSA) is 122 Å². The number of carbonyl (C=O) groups excluding carboxylic acids is 1. The van der Waals surface area contributed by atoms with Gasteiger partial charge in [-0.15, -0.1) is 0 Å². The van der Waals surface area contributed by atoms with Crippen molar-refractivity contribution in [2.75, 3.05) is 39.9 Å². The Balaban J connectivity index is 1.47. The highest BCUT2D eigenvalue weighted by Gasteiger charge is 2.68. The third kappa shape index (κ3) is 8.59. The second kappa shape index (κ2) is 18.2. The molecule has 2 bridgehead atoms. The molecule has 7 nitrogen and oxygen atoms in total. The zero-order chi connectivity index (χ0) is 34.7. The predicted molar refractivity (Wildman–Crippen MR) is 195 cm³/mol. The minimum atomic E-state index is -1.19. The van der Waals surface area contributed by atoms with Crippen LogP contribution in [0.1, 0.15) is 90.9 Å². The van der Waals surface area contributed by atoms with Gasteiger partial charge in [0, 0.05) is 30.4 Å². The summed E-state index contributed by atoms with van der Waals surface area (Å²) in [7, 11) is 1.87. The minimum absolute atomic E-state index is 0.0166. The summed E-state index contributed by atoms with van der Waals surface area (Å²) in [6, 6.07) is 0. The molecule has 0 aliphatic heterocycles. The van der Waals surface area contributed by atoms with Gasteiger partial charge < -0.3 is 31.1 Å². The molecule has 0 radical (unpaired) electrons. The Morgan fingerprint density at radius 3 is 2.58 bits per heavy atom. The Kier molecular flexibility index (Phi) is 14.7. The van der Waals surface area contributed by atoms with E-state index >= 15 is 0 Å². The van der Waals surface area contributed by atoms with Gasteiger partial charge in [0.2, 0.25) is 0 Å². The van der Waals surface area contributed by atoms with Crippen LogP contribution in [-0.2, 0) is 4.79 Å². The molecule has 0 unspecified atom stereocenters. The molecule has 1 spiro atoms. The van der Waals surface area contributed by atoms with Crippen LogP contribution in [0.3, 0.4) is 0 Å². The molecule has 0 heterocycles. The molecule has 0 aromatic rings. The average molecular weight is 665 g/mol. The van der Waals surface area contributed by atoms with E-state index in [0.29, 0.717) is 44.2 Å². The lowest BCUT2D eigenvalue weighted by Gasteiger charge is -2.61. The SMILES string of the molecule is C=C(/C=C/C=C(/CO)[C@@H]1CC[C@]2([C@@H]1O)[C@@H]1C(=C(C)C=O)[C@@H](C=C[C@H]1CCO)C[C@]2(O)CCNC)CC/C=C(\C)CNCC1CCCCC1. The highest BCUT2D eigenvalue weighted by atomic mass is 16.3. The molecule has 268 valence electrons. The van der Waals surface area contributed by atoms with Crippen molar-refractivity contribution in [3.05, 3.63) is 70.9 Å². The van der Waals surface area contributed by atoms with Crippen LogP contribution < -0.4 is 10.6 Å². The number of allylic oxidation sites excluding steroid dienone is 9. The maximum Gasteiger partial charge on any atom is 0.145 e. The maximum absolute atomic E-state index is 12.6. The number of hydrogen-bond acceptors (Lipinski definition) is 7. The number of fused-ring (bicyclic) bond motifs is 3. The van der Waals surface area contributed by atoms with Crippen LogP contribution in [0.15, 0.2) is 70.9 Å². The Morgan fingerprint density at radius 2 is 1.90 bits per heavy atom. The molecular weight excluding hydrogens is 600 g/mol. The van der Waals surface area contributed by atoms with E-state index in [-0.39, 0.29) is 36.9 Å². The van der Waals surface area contributed by atoms with Crippen LogP contribution in [0.25, 0.3) is 0 Å². The molecular formula is C41H64N2O5. The summed E-state index contributed by atoms with van der Waals surface area (Å²) in [6.45, 7) is 10.7. The van der Waals surface area contributed by atoms with E-state index in [1.165, 1.54) is 37.7 Å². The summed E-state index contributed by atoms with van der Waals surface area (Å²) >= 11 is 0. The van der Waals surface area contributed by atoms with Gasteiger partial charge in [-0.1, -0.05) is 79.0 Å². The first-order chi connectivity index (χ1) is 23.1. The number of hydrogen-bond donors (Lipinski definition) is 6. The van der Waals surface area contributed by atoms with Gasteiger partial charge in [0.25, 0.3) is 0 Å². The average Bonchev–Trinajstić information content (AvgIpc) is 3.43. The lowest BCUT2D eigenvalue weighted by molar-refractivity contribution is -0.194. The summed E-state index contributed by atoms with van der Waals surface area (Å²) < 4.78 is 0. The lowest BCUT2D eigenvalue weighted by Crippen LogP contribution is -2.65. The Hall–Kier alpha value is -2.13. The van der Waals surface area contributed by atoms with Crippen molar-refractivity contribution >= 4 is 6.29 Å². The fourth-order valence-corrected chi connectivity index (χ4v) is 9.74. The first-order valence-corrected chi connectivity index (χ1v) is 18.7. The zero-order valence-corrected chi connectivity index (χ0v) is 29.9. The number of nitrogens with one attached hydrogen (secondary N) is 2. The van der Waals surface area contributed by atoms with Gasteiger partial charge in [-0.3, -0.25) is 4.79 Å². The number of aliphatic hydroxyl groups excluding tert-OH is 3. The molecule has 7 heteroatoms. The highest BCUT2D eigenvalue weighted by Crippen LogP contribution is 2.67. The number of aldehydes is 1. The number of carbonyl (C=O) groups is 1. The van der Waals surface area contributed by atoms with E-state index in [1.807, 2.05) is 32.2 Å². The van der Waals surface area contributed by atoms with Crippen molar-refractivity contribution < 1.29 is 25.2 Å². The van der Waals surface area contributed by atoms with Gasteiger partial charge in [0.05, 0.1) is 18.3 Å².